The summed E-state index contributed by atoms with van der Waals surface area (Å²) in [6.45, 7) is 0. The van der Waals surface area contributed by atoms with Crippen LogP contribution in [0.4, 0.5) is 17.1 Å². The Morgan fingerprint density at radius 2 is 1.74 bits per heavy atom. The monoisotopic (exact) mass is 259 g/mol. The van der Waals surface area contributed by atoms with Crippen LogP contribution in [-0.2, 0) is 0 Å². The predicted octanol–water partition coefficient (Wildman–Crippen LogP) is 2.22. The van der Waals surface area contributed by atoms with Gasteiger partial charge in [-0.25, -0.2) is 0 Å². The van der Waals surface area contributed by atoms with Crippen molar-refractivity contribution < 1.29 is 14.6 Å². The van der Waals surface area contributed by atoms with Crippen LogP contribution in [0.3, 0.4) is 0 Å². The molecule has 0 aliphatic carbocycles. The normalized spacial score (nSPS) is 12.5. The molecule has 8 heteroatoms. The molecular formula is C11H5N3O5. The summed E-state index contributed by atoms with van der Waals surface area (Å²) in [6.07, 6.45) is 0. The average molecular weight is 259 g/mol. The summed E-state index contributed by atoms with van der Waals surface area (Å²) in [5.74, 6) is -0.496. The molecule has 1 aliphatic heterocycles. The number of rotatable bonds is 2. The first-order valence-corrected chi connectivity index (χ1v) is 5.20. The first-order valence-electron chi connectivity index (χ1n) is 5.20. The minimum absolute atomic E-state index is 0.0196. The number of hydrogen-bond acceptors (Lipinski definition) is 5. The lowest BCUT2D eigenvalue weighted by atomic mass is 10.0. The maximum absolute atomic E-state index is 11.7. The number of carbonyl (C=O) groups is 1. The van der Waals surface area contributed by atoms with Gasteiger partial charge in [0.05, 0.1) is 26.9 Å². The fraction of sp³-hybridized carbons (Fsp3) is 0. The molecule has 0 aromatic heterocycles. The van der Waals surface area contributed by atoms with E-state index in [2.05, 4.69) is 5.32 Å². The highest BCUT2D eigenvalue weighted by Gasteiger charge is 2.33. The van der Waals surface area contributed by atoms with Gasteiger partial charge < -0.3 is 5.32 Å². The molecule has 1 N–H and O–H groups in total. The van der Waals surface area contributed by atoms with Gasteiger partial charge in [0.15, 0.2) is 0 Å². The number of nitrogens with zero attached hydrogens (tertiary/aromatic N) is 2. The smallest absolute Gasteiger partial charge is 0.300 e. The molecule has 19 heavy (non-hydrogen) atoms. The third-order valence-corrected chi connectivity index (χ3v) is 3.00. The number of anilines is 1. The second-order valence-electron chi connectivity index (χ2n) is 3.99. The molecule has 1 aliphatic rings. The van der Waals surface area contributed by atoms with E-state index in [1.807, 2.05) is 0 Å². The molecule has 1 amide bonds. The summed E-state index contributed by atoms with van der Waals surface area (Å²) in [7, 11) is 0. The Balaban J connectivity index is 2.54. The lowest BCUT2D eigenvalue weighted by Gasteiger charge is -2.02. The van der Waals surface area contributed by atoms with Crippen LogP contribution >= 0.6 is 0 Å². The maximum Gasteiger partial charge on any atom is 0.300 e. The third kappa shape index (κ3) is 1.36. The Hall–Kier alpha value is -3.03. The molecule has 0 atom stereocenters. The molecule has 0 spiro atoms. The lowest BCUT2D eigenvalue weighted by Crippen LogP contribution is -2.05. The fourth-order valence-electron chi connectivity index (χ4n) is 2.23. The van der Waals surface area contributed by atoms with E-state index in [1.165, 1.54) is 18.2 Å². The van der Waals surface area contributed by atoms with Crippen LogP contribution in [0.5, 0.6) is 0 Å². The summed E-state index contributed by atoms with van der Waals surface area (Å²) in [4.78, 5) is 32.2. The predicted molar refractivity (Wildman–Crippen MR) is 65.2 cm³/mol. The highest BCUT2D eigenvalue weighted by atomic mass is 16.6. The second-order valence-corrected chi connectivity index (χ2v) is 3.99. The van der Waals surface area contributed by atoms with Gasteiger partial charge in [0.1, 0.15) is 5.69 Å². The van der Waals surface area contributed by atoms with Gasteiger partial charge in [-0.3, -0.25) is 25.0 Å². The number of nitro groups is 2. The van der Waals surface area contributed by atoms with Crippen LogP contribution in [0.2, 0.25) is 0 Å². The molecule has 0 radical (unpaired) electrons. The van der Waals surface area contributed by atoms with Gasteiger partial charge in [-0.15, -0.1) is 0 Å². The Labute approximate surface area is 104 Å². The summed E-state index contributed by atoms with van der Waals surface area (Å²) in [5, 5.41) is 24.8. The molecule has 2 aromatic rings. The Morgan fingerprint density at radius 1 is 1.05 bits per heavy atom. The van der Waals surface area contributed by atoms with Gasteiger partial charge in [0.25, 0.3) is 17.3 Å². The van der Waals surface area contributed by atoms with E-state index in [1.54, 1.807) is 0 Å². The topological polar surface area (TPSA) is 115 Å². The molecule has 8 nitrogen and oxygen atoms in total. The zero-order chi connectivity index (χ0) is 13.7. The Morgan fingerprint density at radius 3 is 2.37 bits per heavy atom. The van der Waals surface area contributed by atoms with E-state index >= 15 is 0 Å². The number of nitrogens with one attached hydrogen (secondary N) is 1. The van der Waals surface area contributed by atoms with Crippen molar-refractivity contribution in [2.24, 2.45) is 0 Å². The quantitative estimate of drug-likeness (QED) is 0.655. The molecule has 0 bridgehead atoms. The van der Waals surface area contributed by atoms with Crippen molar-refractivity contribution in [1.29, 1.82) is 0 Å². The first kappa shape index (κ1) is 11.1. The van der Waals surface area contributed by atoms with E-state index < -0.39 is 21.4 Å². The number of hydrogen-bond donors (Lipinski definition) is 1. The number of amides is 1. The summed E-state index contributed by atoms with van der Waals surface area (Å²) in [6, 6.07) is 5.31. The number of nitro benzene ring substituents is 2. The summed E-state index contributed by atoms with van der Waals surface area (Å²) in [5.41, 5.74) is -0.633. The molecule has 0 saturated heterocycles. The van der Waals surface area contributed by atoms with Crippen molar-refractivity contribution in [3.05, 3.63) is 50.1 Å². The van der Waals surface area contributed by atoms with Crippen LogP contribution < -0.4 is 5.32 Å². The van der Waals surface area contributed by atoms with E-state index in [4.69, 9.17) is 0 Å². The standard InChI is InChI=1S/C11H5N3O5/c15-11-6-3-1-2-5-7(13(16)17)4-8(14(18)19)10(12-11)9(5)6/h1-4H,(H,12,15). The van der Waals surface area contributed by atoms with E-state index in [9.17, 15) is 25.0 Å². The minimum atomic E-state index is -0.746. The van der Waals surface area contributed by atoms with Crippen LogP contribution in [0.25, 0.3) is 10.8 Å². The van der Waals surface area contributed by atoms with E-state index in [0.29, 0.717) is 0 Å². The van der Waals surface area contributed by atoms with Crippen molar-refractivity contribution in [3.8, 4) is 0 Å². The largest absolute Gasteiger partial charge is 0.316 e. The van der Waals surface area contributed by atoms with Crippen LogP contribution in [-0.4, -0.2) is 15.8 Å². The van der Waals surface area contributed by atoms with Crippen molar-refractivity contribution in [3.63, 3.8) is 0 Å². The van der Waals surface area contributed by atoms with Gasteiger partial charge in [-0.2, -0.15) is 0 Å². The maximum atomic E-state index is 11.7. The van der Waals surface area contributed by atoms with Crippen molar-refractivity contribution in [1.82, 2.24) is 0 Å². The van der Waals surface area contributed by atoms with Gasteiger partial charge in [0.2, 0.25) is 0 Å². The van der Waals surface area contributed by atoms with Gasteiger partial charge in [0, 0.05) is 5.39 Å². The van der Waals surface area contributed by atoms with Crippen molar-refractivity contribution >= 4 is 33.7 Å². The van der Waals surface area contributed by atoms with E-state index in [-0.39, 0.29) is 27.7 Å². The Kier molecular flexibility index (Phi) is 2.03. The summed E-state index contributed by atoms with van der Waals surface area (Å²) >= 11 is 0. The van der Waals surface area contributed by atoms with Crippen LogP contribution in [0.1, 0.15) is 10.4 Å². The molecule has 1 heterocycles. The average Bonchev–Trinajstić information content (AvgIpc) is 2.68. The molecule has 0 saturated carbocycles. The van der Waals surface area contributed by atoms with E-state index in [0.717, 1.165) is 6.07 Å². The SMILES string of the molecule is O=C1Nc2c([N+](=O)[O-])cc([N+](=O)[O-])c3cccc1c23. The number of carbonyl (C=O) groups excluding carboxylic acids is 1. The van der Waals surface area contributed by atoms with Gasteiger partial charge in [-0.05, 0) is 12.1 Å². The molecule has 2 aromatic carbocycles. The lowest BCUT2D eigenvalue weighted by molar-refractivity contribution is -0.392. The Bertz CT molecular complexity index is 783. The zero-order valence-electron chi connectivity index (χ0n) is 9.25. The van der Waals surface area contributed by atoms with Crippen molar-refractivity contribution in [2.75, 3.05) is 5.32 Å². The molecular weight excluding hydrogens is 254 g/mol. The summed E-state index contributed by atoms with van der Waals surface area (Å²) < 4.78 is 0. The minimum Gasteiger partial charge on any atom is -0.316 e. The molecule has 94 valence electrons. The molecule has 3 rings (SSSR count). The molecule has 0 fully saturated rings. The first-order chi connectivity index (χ1) is 9.00. The zero-order valence-corrected chi connectivity index (χ0v) is 9.25. The third-order valence-electron chi connectivity index (χ3n) is 3.00. The van der Waals surface area contributed by atoms with Gasteiger partial charge in [-0.1, -0.05) is 6.07 Å². The van der Waals surface area contributed by atoms with Crippen LogP contribution in [0, 0.1) is 20.2 Å². The molecule has 0 unspecified atom stereocenters. The number of benzene rings is 2. The van der Waals surface area contributed by atoms with Crippen molar-refractivity contribution in [2.45, 2.75) is 0 Å². The fourth-order valence-corrected chi connectivity index (χ4v) is 2.23. The highest BCUT2D eigenvalue weighted by molar-refractivity contribution is 6.27. The number of non-ortho nitro benzene ring substituents is 1. The van der Waals surface area contributed by atoms with Gasteiger partial charge >= 0.3 is 0 Å². The highest BCUT2D eigenvalue weighted by Crippen LogP contribution is 2.44. The van der Waals surface area contributed by atoms with Crippen LogP contribution in [0.15, 0.2) is 24.3 Å². The second kappa shape index (κ2) is 3.48.